The molecule has 0 atom stereocenters. The number of benzene rings is 1. The highest BCUT2D eigenvalue weighted by atomic mass is 35.5. The average molecular weight is 346 g/mol. The van der Waals surface area contributed by atoms with Crippen LogP contribution >= 0.6 is 11.6 Å². The summed E-state index contributed by atoms with van der Waals surface area (Å²) in [5.41, 5.74) is 0.847. The molecular weight excluding hydrogens is 330 g/mol. The van der Waals surface area contributed by atoms with Gasteiger partial charge in [-0.05, 0) is 42.8 Å². The van der Waals surface area contributed by atoms with Crippen LogP contribution in [0.4, 0.5) is 11.5 Å². The van der Waals surface area contributed by atoms with E-state index < -0.39 is 0 Å². The summed E-state index contributed by atoms with van der Waals surface area (Å²) in [4.78, 5) is 29.3. The van der Waals surface area contributed by atoms with Crippen molar-refractivity contribution in [3.8, 4) is 5.75 Å². The van der Waals surface area contributed by atoms with Gasteiger partial charge in [0.05, 0.1) is 5.02 Å². The fourth-order valence-electron chi connectivity index (χ4n) is 2.42. The van der Waals surface area contributed by atoms with Gasteiger partial charge in [0.25, 0.3) is 5.91 Å². The molecule has 1 N–H and O–H groups in total. The molecule has 0 radical (unpaired) electrons. The summed E-state index contributed by atoms with van der Waals surface area (Å²) in [7, 11) is 0. The average Bonchev–Trinajstić information content (AvgIpc) is 3.02. The third-order valence-corrected chi connectivity index (χ3v) is 3.81. The van der Waals surface area contributed by atoms with Crippen LogP contribution in [0.3, 0.4) is 0 Å². The van der Waals surface area contributed by atoms with Gasteiger partial charge in [0.15, 0.2) is 6.61 Å². The molecule has 1 saturated heterocycles. The van der Waals surface area contributed by atoms with Crippen LogP contribution < -0.4 is 15.0 Å². The minimum atomic E-state index is -0.316. The lowest BCUT2D eigenvalue weighted by atomic mass is 10.3. The van der Waals surface area contributed by atoms with Crippen molar-refractivity contribution < 1.29 is 14.3 Å². The number of rotatable bonds is 5. The minimum Gasteiger partial charge on any atom is -0.484 e. The van der Waals surface area contributed by atoms with E-state index in [4.69, 9.17) is 16.3 Å². The topological polar surface area (TPSA) is 71.5 Å². The number of carbonyl (C=O) groups is 2. The smallest absolute Gasteiger partial charge is 0.263 e. The number of hydrogen-bond acceptors (Lipinski definition) is 4. The number of carbonyl (C=O) groups excluding carboxylic acids is 2. The van der Waals surface area contributed by atoms with Crippen LogP contribution in [0.1, 0.15) is 12.8 Å². The van der Waals surface area contributed by atoms with E-state index in [0.717, 1.165) is 18.7 Å². The zero-order valence-electron chi connectivity index (χ0n) is 12.9. The van der Waals surface area contributed by atoms with Gasteiger partial charge in [-0.1, -0.05) is 11.6 Å². The molecule has 1 aliphatic heterocycles. The number of hydrogen-bond donors (Lipinski definition) is 1. The molecular formula is C17H16ClN3O3. The monoisotopic (exact) mass is 345 g/mol. The third kappa shape index (κ3) is 4.02. The predicted molar refractivity (Wildman–Crippen MR) is 91.4 cm³/mol. The molecule has 7 heteroatoms. The Morgan fingerprint density at radius 3 is 2.67 bits per heavy atom. The van der Waals surface area contributed by atoms with Gasteiger partial charge >= 0.3 is 0 Å². The van der Waals surface area contributed by atoms with Crippen LogP contribution in [0.15, 0.2) is 42.6 Å². The van der Waals surface area contributed by atoms with E-state index in [1.807, 2.05) is 12.1 Å². The first-order chi connectivity index (χ1) is 11.6. The van der Waals surface area contributed by atoms with Gasteiger partial charge in [-0.15, -0.1) is 0 Å². The summed E-state index contributed by atoms with van der Waals surface area (Å²) in [5.74, 6) is 0.794. The molecule has 0 spiro atoms. The Kier molecular flexibility index (Phi) is 4.96. The summed E-state index contributed by atoms with van der Waals surface area (Å²) >= 11 is 5.73. The van der Waals surface area contributed by atoms with Crippen molar-refractivity contribution in [3.05, 3.63) is 47.6 Å². The van der Waals surface area contributed by atoms with E-state index in [1.165, 1.54) is 6.20 Å². The quantitative estimate of drug-likeness (QED) is 0.904. The van der Waals surface area contributed by atoms with E-state index in [2.05, 4.69) is 10.3 Å². The summed E-state index contributed by atoms with van der Waals surface area (Å²) in [6.45, 7) is 0.613. The zero-order chi connectivity index (χ0) is 16.9. The SMILES string of the molecule is O=C(COc1ccc(N2CCCC2=O)cc1)Nc1ccc(Cl)cn1. The van der Waals surface area contributed by atoms with Crippen LogP contribution in [0.2, 0.25) is 5.02 Å². The molecule has 0 unspecified atom stereocenters. The molecule has 2 aromatic rings. The number of nitrogens with zero attached hydrogens (tertiary/aromatic N) is 2. The second kappa shape index (κ2) is 7.31. The number of pyridine rings is 1. The summed E-state index contributed by atoms with van der Waals surface area (Å²) in [6.07, 6.45) is 2.93. The Labute approximate surface area is 144 Å². The Morgan fingerprint density at radius 1 is 1.25 bits per heavy atom. The summed E-state index contributed by atoms with van der Waals surface area (Å²) in [5, 5.41) is 3.12. The normalized spacial score (nSPS) is 13.9. The molecule has 0 bridgehead atoms. The highest BCUT2D eigenvalue weighted by Crippen LogP contribution is 2.23. The van der Waals surface area contributed by atoms with Crippen LogP contribution in [-0.2, 0) is 9.59 Å². The molecule has 24 heavy (non-hydrogen) atoms. The maximum absolute atomic E-state index is 11.8. The molecule has 1 aromatic carbocycles. The Bertz CT molecular complexity index is 732. The van der Waals surface area contributed by atoms with Crippen LogP contribution in [0.25, 0.3) is 0 Å². The highest BCUT2D eigenvalue weighted by Gasteiger charge is 2.21. The van der Waals surface area contributed by atoms with Gasteiger partial charge in [-0.25, -0.2) is 4.98 Å². The van der Waals surface area contributed by atoms with Crippen molar-refractivity contribution in [2.75, 3.05) is 23.4 Å². The van der Waals surface area contributed by atoms with E-state index in [0.29, 0.717) is 23.0 Å². The van der Waals surface area contributed by atoms with Crippen molar-refractivity contribution >= 4 is 34.9 Å². The van der Waals surface area contributed by atoms with Gasteiger partial charge in [-0.2, -0.15) is 0 Å². The molecule has 124 valence electrons. The van der Waals surface area contributed by atoms with Gasteiger partial charge in [0, 0.05) is 24.8 Å². The lowest BCUT2D eigenvalue weighted by Crippen LogP contribution is -2.23. The van der Waals surface area contributed by atoms with Crippen molar-refractivity contribution in [2.45, 2.75) is 12.8 Å². The molecule has 0 saturated carbocycles. The minimum absolute atomic E-state index is 0.133. The number of ether oxygens (including phenoxy) is 1. The van der Waals surface area contributed by atoms with Crippen molar-refractivity contribution in [2.24, 2.45) is 0 Å². The van der Waals surface area contributed by atoms with E-state index in [1.54, 1.807) is 29.2 Å². The number of halogens is 1. The molecule has 2 amide bonds. The summed E-state index contributed by atoms with van der Waals surface area (Å²) < 4.78 is 5.44. The van der Waals surface area contributed by atoms with Crippen LogP contribution in [0.5, 0.6) is 5.75 Å². The van der Waals surface area contributed by atoms with E-state index in [-0.39, 0.29) is 18.4 Å². The third-order valence-electron chi connectivity index (χ3n) is 3.59. The largest absolute Gasteiger partial charge is 0.484 e. The second-order valence-corrected chi connectivity index (χ2v) is 5.78. The molecule has 2 heterocycles. The standard InChI is InChI=1S/C17H16ClN3O3/c18-12-3-8-15(19-10-12)20-16(22)11-24-14-6-4-13(5-7-14)21-9-1-2-17(21)23/h3-8,10H,1-2,9,11H2,(H,19,20,22). The van der Waals surface area contributed by atoms with Crippen molar-refractivity contribution in [1.82, 2.24) is 4.98 Å². The van der Waals surface area contributed by atoms with Gasteiger partial charge in [-0.3, -0.25) is 9.59 Å². The number of anilines is 2. The predicted octanol–water partition coefficient (Wildman–Crippen LogP) is 2.88. The lowest BCUT2D eigenvalue weighted by Gasteiger charge is -2.16. The maximum Gasteiger partial charge on any atom is 0.263 e. The molecule has 0 aliphatic carbocycles. The fourth-order valence-corrected chi connectivity index (χ4v) is 2.53. The molecule has 1 aliphatic rings. The number of amides is 2. The molecule has 1 aromatic heterocycles. The Balaban J connectivity index is 1.51. The van der Waals surface area contributed by atoms with E-state index in [9.17, 15) is 9.59 Å². The van der Waals surface area contributed by atoms with Crippen molar-refractivity contribution in [3.63, 3.8) is 0 Å². The second-order valence-electron chi connectivity index (χ2n) is 5.34. The number of aromatic nitrogens is 1. The summed E-state index contributed by atoms with van der Waals surface area (Å²) in [6, 6.07) is 10.4. The maximum atomic E-state index is 11.8. The highest BCUT2D eigenvalue weighted by molar-refractivity contribution is 6.30. The van der Waals surface area contributed by atoms with Gasteiger partial charge in [0.2, 0.25) is 5.91 Å². The van der Waals surface area contributed by atoms with Gasteiger partial charge < -0.3 is 15.0 Å². The fraction of sp³-hybridized carbons (Fsp3) is 0.235. The Morgan fingerprint density at radius 2 is 2.04 bits per heavy atom. The first-order valence-electron chi connectivity index (χ1n) is 7.56. The van der Waals surface area contributed by atoms with Crippen molar-refractivity contribution in [1.29, 1.82) is 0 Å². The van der Waals surface area contributed by atoms with E-state index >= 15 is 0 Å². The van der Waals surface area contributed by atoms with Crippen LogP contribution in [-0.4, -0.2) is 29.9 Å². The Hall–Kier alpha value is -2.60. The number of nitrogens with one attached hydrogen (secondary N) is 1. The van der Waals surface area contributed by atoms with Gasteiger partial charge in [0.1, 0.15) is 11.6 Å². The first kappa shape index (κ1) is 16.3. The van der Waals surface area contributed by atoms with Crippen LogP contribution in [0, 0.1) is 0 Å². The zero-order valence-corrected chi connectivity index (χ0v) is 13.6. The lowest BCUT2D eigenvalue weighted by molar-refractivity contribution is -0.118. The molecule has 6 nitrogen and oxygen atoms in total. The molecule has 3 rings (SSSR count). The molecule has 1 fully saturated rings. The first-order valence-corrected chi connectivity index (χ1v) is 7.94.